The summed E-state index contributed by atoms with van der Waals surface area (Å²) < 4.78 is 6.33. The lowest BCUT2D eigenvalue weighted by molar-refractivity contribution is -0.486. The molecule has 0 unspecified atom stereocenters. The van der Waals surface area contributed by atoms with Crippen molar-refractivity contribution >= 4 is 34.9 Å². The number of guanidine groups is 1. The number of nitrogens with zero attached hydrogens (tertiary/aromatic N) is 6. The average Bonchev–Trinajstić information content (AvgIpc) is 3.16. The molecule has 1 aromatic heterocycles. The summed E-state index contributed by atoms with van der Waals surface area (Å²) in [5.41, 5.74) is -0.250. The van der Waals surface area contributed by atoms with Crippen LogP contribution < -0.4 is 4.74 Å². The van der Waals surface area contributed by atoms with Crippen molar-refractivity contribution in [3.8, 4) is 11.5 Å². The number of hydrogen-bond acceptors (Lipinski definition) is 7. The van der Waals surface area contributed by atoms with Gasteiger partial charge in [0.05, 0.1) is 25.3 Å². The highest BCUT2D eigenvalue weighted by atomic mass is 35.5. The number of carbonyl (C=O) groups is 1. The number of carboxylic acid groups (broad SMARTS) is 1. The maximum absolute atomic E-state index is 12.1. The van der Waals surface area contributed by atoms with Crippen molar-refractivity contribution in [2.45, 2.75) is 40.7 Å². The normalized spacial score (nSPS) is 19.4. The Hall–Kier alpha value is -3.74. The number of thiazole rings is 1. The second-order valence-corrected chi connectivity index (χ2v) is 13.6. The number of para-hydroxylation sites is 1. The van der Waals surface area contributed by atoms with E-state index in [2.05, 4.69) is 10.1 Å². The number of benzene rings is 2. The van der Waals surface area contributed by atoms with Crippen molar-refractivity contribution in [3.63, 3.8) is 0 Å². The molecule has 2 heterocycles. The van der Waals surface area contributed by atoms with Gasteiger partial charge in [0.25, 0.3) is 5.96 Å². The van der Waals surface area contributed by atoms with Crippen LogP contribution in [0, 0.1) is 26.4 Å². The molecule has 1 saturated carbocycles. The number of aromatic nitrogens is 1. The Labute approximate surface area is 260 Å². The predicted molar refractivity (Wildman–Crippen MR) is 167 cm³/mol. The van der Waals surface area contributed by atoms with Crippen LogP contribution in [0.1, 0.15) is 38.1 Å². The quantitative estimate of drug-likeness (QED) is 0.233. The van der Waals surface area contributed by atoms with Gasteiger partial charge in [-0.2, -0.15) is 0 Å². The highest BCUT2D eigenvalue weighted by Gasteiger charge is 2.80. The lowest BCUT2D eigenvalue weighted by atomic mass is 9.87. The fraction of sp³-hybridized carbons (Fsp3) is 0.433. The van der Waals surface area contributed by atoms with Crippen LogP contribution in [0.4, 0.5) is 0 Å². The van der Waals surface area contributed by atoms with Gasteiger partial charge in [-0.1, -0.05) is 69.6 Å². The summed E-state index contributed by atoms with van der Waals surface area (Å²) >= 11 is 7.14. The summed E-state index contributed by atoms with van der Waals surface area (Å²) in [5, 5.41) is 23.3. The number of aliphatic carboxylic acids is 1. The first-order chi connectivity index (χ1) is 20.2. The molecular weight excluding hydrogens is 592 g/mol. The third-order valence-electron chi connectivity index (χ3n) is 8.88. The zero-order valence-corrected chi connectivity index (χ0v) is 26.7. The van der Waals surface area contributed by atoms with Crippen molar-refractivity contribution in [2.75, 3.05) is 27.4 Å². The van der Waals surface area contributed by atoms with Gasteiger partial charge in [-0.15, -0.1) is 11.3 Å². The molecule has 0 radical (unpaired) electrons. The third kappa shape index (κ3) is 6.61. The number of hydrogen-bond donors (Lipinski definition) is 1. The number of carboxylic acids is 1. The van der Waals surface area contributed by atoms with Crippen molar-refractivity contribution in [1.29, 1.82) is 0 Å². The van der Waals surface area contributed by atoms with Crippen LogP contribution in [-0.4, -0.2) is 69.2 Å². The van der Waals surface area contributed by atoms with Gasteiger partial charge in [-0.05, 0) is 54.1 Å². The first kappa shape index (κ1) is 32.2. The summed E-state index contributed by atoms with van der Waals surface area (Å²) in [6, 6.07) is 17.3. The van der Waals surface area contributed by atoms with Crippen molar-refractivity contribution in [3.05, 3.63) is 85.8 Å². The van der Waals surface area contributed by atoms with Crippen LogP contribution in [-0.2, 0) is 17.8 Å². The van der Waals surface area contributed by atoms with E-state index in [9.17, 15) is 20.0 Å². The van der Waals surface area contributed by atoms with E-state index in [1.807, 2.05) is 99.1 Å². The first-order valence-corrected chi connectivity index (χ1v) is 14.9. The fourth-order valence-corrected chi connectivity index (χ4v) is 7.07. The number of ether oxygens (including phenoxy) is 1. The van der Waals surface area contributed by atoms with E-state index in [1.54, 1.807) is 18.1 Å². The van der Waals surface area contributed by atoms with Gasteiger partial charge in [0.15, 0.2) is 9.50 Å². The molecule has 1 saturated heterocycles. The molecule has 11 nitrogen and oxygen atoms in total. The van der Waals surface area contributed by atoms with Gasteiger partial charge in [-0.3, -0.25) is 9.69 Å². The molecule has 0 spiro atoms. The summed E-state index contributed by atoms with van der Waals surface area (Å²) in [4.78, 5) is 33.2. The molecule has 0 bridgehead atoms. The molecule has 2 aliphatic rings. The molecule has 43 heavy (non-hydrogen) atoms. The number of rotatable bonds is 8. The second kappa shape index (κ2) is 12.5. The van der Waals surface area contributed by atoms with E-state index in [1.165, 1.54) is 11.3 Å². The van der Waals surface area contributed by atoms with Crippen molar-refractivity contribution in [2.24, 2.45) is 21.3 Å². The molecule has 3 aromatic rings. The fourth-order valence-electron chi connectivity index (χ4n) is 6.08. The molecule has 5 rings (SSSR count). The van der Waals surface area contributed by atoms with Crippen LogP contribution in [0.3, 0.4) is 0 Å². The Morgan fingerprint density at radius 1 is 1.09 bits per heavy atom. The monoisotopic (exact) mass is 628 g/mol. The highest BCUT2D eigenvalue weighted by Crippen LogP contribution is 2.78. The molecular formula is C30H37ClN6O5S. The van der Waals surface area contributed by atoms with Gasteiger partial charge < -0.3 is 19.6 Å². The largest absolute Gasteiger partial charge is 0.481 e. The zero-order chi connectivity index (χ0) is 31.6. The maximum Gasteiger partial charge on any atom is 0.311 e. The summed E-state index contributed by atoms with van der Waals surface area (Å²) in [6.45, 7) is 9.83. The molecule has 13 heteroatoms. The van der Waals surface area contributed by atoms with E-state index in [0.29, 0.717) is 36.7 Å². The van der Waals surface area contributed by atoms with Gasteiger partial charge in [0.1, 0.15) is 16.6 Å². The molecule has 1 aliphatic carbocycles. The highest BCUT2D eigenvalue weighted by molar-refractivity contribution is 7.15. The topological polar surface area (TPSA) is 125 Å². The molecule has 2 fully saturated rings. The van der Waals surface area contributed by atoms with Crippen molar-refractivity contribution < 1.29 is 19.7 Å². The molecule has 0 atom stereocenters. The third-order valence-corrected chi connectivity index (χ3v) is 9.98. The van der Waals surface area contributed by atoms with Crippen LogP contribution in [0.15, 0.2) is 65.9 Å². The lowest BCUT2D eigenvalue weighted by Gasteiger charge is -2.39. The number of nitro groups is 1. The lowest BCUT2D eigenvalue weighted by Crippen LogP contribution is -2.55. The second-order valence-electron chi connectivity index (χ2n) is 12.0. The minimum Gasteiger partial charge on any atom is -0.481 e. The zero-order valence-electron chi connectivity index (χ0n) is 25.2. The summed E-state index contributed by atoms with van der Waals surface area (Å²) in [6.07, 6.45) is 2.18. The summed E-state index contributed by atoms with van der Waals surface area (Å²) in [5.74, 6) is 1.13. The average molecular weight is 629 g/mol. The van der Waals surface area contributed by atoms with E-state index < -0.39 is 16.4 Å². The smallest absolute Gasteiger partial charge is 0.311 e. The first-order valence-electron chi connectivity index (χ1n) is 13.7. The number of halogens is 1. The molecule has 1 N–H and O–H groups in total. The Morgan fingerprint density at radius 3 is 2.30 bits per heavy atom. The molecule has 1 aliphatic heterocycles. The van der Waals surface area contributed by atoms with E-state index >= 15 is 0 Å². The SMILES string of the molecule is CC1(C)C(C)(C)C1(Cc1cccc(Oc2ccccc2)c1)C(=O)O.CN1CN(C)/C(=N\[N+](=O)[O-])N(Cc2cnc(Cl)s2)C1. The van der Waals surface area contributed by atoms with Crippen LogP contribution in [0.2, 0.25) is 4.47 Å². The van der Waals surface area contributed by atoms with E-state index in [-0.39, 0.29) is 10.8 Å². The van der Waals surface area contributed by atoms with Crippen LogP contribution >= 0.6 is 22.9 Å². The Balaban J connectivity index is 0.000000203. The van der Waals surface area contributed by atoms with Crippen molar-refractivity contribution in [1.82, 2.24) is 19.7 Å². The predicted octanol–water partition coefficient (Wildman–Crippen LogP) is 6.10. The van der Waals surface area contributed by atoms with Gasteiger partial charge in [-0.25, -0.2) is 15.1 Å². The van der Waals surface area contributed by atoms with Gasteiger partial charge >= 0.3 is 5.97 Å². The van der Waals surface area contributed by atoms with Gasteiger partial charge in [0.2, 0.25) is 0 Å². The Bertz CT molecular complexity index is 1480. The van der Waals surface area contributed by atoms with Crippen LogP contribution in [0.5, 0.6) is 11.5 Å². The van der Waals surface area contributed by atoms with Crippen LogP contribution in [0.25, 0.3) is 0 Å². The van der Waals surface area contributed by atoms with E-state index in [4.69, 9.17) is 16.3 Å². The Kier molecular flexibility index (Phi) is 9.33. The maximum atomic E-state index is 12.1. The Morgan fingerprint density at radius 2 is 1.74 bits per heavy atom. The minimum absolute atomic E-state index is 0.248. The molecule has 230 valence electrons. The van der Waals surface area contributed by atoms with E-state index in [0.717, 1.165) is 21.9 Å². The standard InChI is InChI=1S/C21H24O3.C9H13ClN6O2S/c1-19(2)20(3,4)21(19,18(22)23)14-15-9-8-12-17(13-15)24-16-10-6-5-7-11-16;1-13-5-14(2)9(12-16(17)18)15(6-13)4-7-3-11-8(10)19-7/h5-13H,14H2,1-4H3,(H,22,23);3H,4-6H2,1-2H3/b;12-9+. The molecule has 0 amide bonds. The minimum atomic E-state index is -0.745. The summed E-state index contributed by atoms with van der Waals surface area (Å²) in [7, 11) is 3.71. The molecule has 2 aromatic carbocycles. The number of hydrazone groups is 1. The van der Waals surface area contributed by atoms with Gasteiger partial charge in [0, 0.05) is 18.1 Å².